The maximum atomic E-state index is 12.4. The van der Waals surface area contributed by atoms with Gasteiger partial charge in [-0.05, 0) is 31.0 Å². The molecule has 0 aliphatic carbocycles. The third-order valence-corrected chi connectivity index (χ3v) is 3.03. The zero-order valence-electron chi connectivity index (χ0n) is 11.2. The van der Waals surface area contributed by atoms with E-state index in [1.807, 2.05) is 24.3 Å². The second kappa shape index (κ2) is 6.29. The number of aryl methyl sites for hydroxylation is 1. The molecular weight excluding hydrogens is 238 g/mol. The van der Waals surface area contributed by atoms with Crippen LogP contribution in [0.25, 0.3) is 0 Å². The Morgan fingerprint density at radius 3 is 2.63 bits per heavy atom. The number of hydrogen-bond acceptors (Lipinski definition) is 3. The van der Waals surface area contributed by atoms with E-state index in [-0.39, 0.29) is 5.78 Å². The number of carbonyl (C=O) groups excluding carboxylic acids is 1. The molecule has 2 aromatic rings. The van der Waals surface area contributed by atoms with E-state index in [0.717, 1.165) is 24.9 Å². The zero-order valence-corrected chi connectivity index (χ0v) is 11.2. The lowest BCUT2D eigenvalue weighted by Gasteiger charge is -2.06. The van der Waals surface area contributed by atoms with Crippen LogP contribution >= 0.6 is 0 Å². The van der Waals surface area contributed by atoms with Gasteiger partial charge in [0.15, 0.2) is 0 Å². The Balaban J connectivity index is 2.21. The molecule has 0 saturated carbocycles. The van der Waals surface area contributed by atoms with Gasteiger partial charge < -0.3 is 5.73 Å². The minimum absolute atomic E-state index is 0.0187. The molecule has 0 saturated heterocycles. The molecule has 1 aromatic heterocycles. The van der Waals surface area contributed by atoms with Crippen molar-refractivity contribution >= 4 is 5.78 Å². The molecule has 0 unspecified atom stereocenters. The molecule has 100 valence electrons. The van der Waals surface area contributed by atoms with Crippen molar-refractivity contribution in [1.82, 2.24) is 9.78 Å². The predicted octanol–water partition coefficient (Wildman–Crippen LogP) is 2.03. The van der Waals surface area contributed by atoms with Crippen molar-refractivity contribution in [3.8, 4) is 0 Å². The van der Waals surface area contributed by atoms with E-state index >= 15 is 0 Å². The summed E-state index contributed by atoms with van der Waals surface area (Å²) in [6.07, 6.45) is 3.46. The van der Waals surface area contributed by atoms with Crippen LogP contribution in [0.5, 0.6) is 0 Å². The number of nitrogens with zero attached hydrogens (tertiary/aromatic N) is 2. The first kappa shape index (κ1) is 13.5. The van der Waals surface area contributed by atoms with E-state index in [1.54, 1.807) is 16.9 Å². The number of ketones is 1. The van der Waals surface area contributed by atoms with E-state index in [1.165, 1.54) is 0 Å². The van der Waals surface area contributed by atoms with Crippen molar-refractivity contribution < 1.29 is 4.79 Å². The average Bonchev–Trinajstić information content (AvgIpc) is 2.88. The van der Waals surface area contributed by atoms with Gasteiger partial charge in [0.05, 0.1) is 0 Å². The molecule has 0 aliphatic heterocycles. The molecule has 4 heteroatoms. The normalized spacial score (nSPS) is 10.6. The third kappa shape index (κ3) is 3.09. The monoisotopic (exact) mass is 257 g/mol. The summed E-state index contributed by atoms with van der Waals surface area (Å²) in [6, 6.07) is 9.40. The average molecular weight is 257 g/mol. The molecule has 0 bridgehead atoms. The molecule has 0 spiro atoms. The first-order chi connectivity index (χ1) is 9.26. The minimum atomic E-state index is 0.0187. The van der Waals surface area contributed by atoms with Gasteiger partial charge in [-0.25, -0.2) is 0 Å². The zero-order chi connectivity index (χ0) is 13.7. The van der Waals surface area contributed by atoms with Gasteiger partial charge in [-0.1, -0.05) is 31.2 Å². The molecule has 1 aromatic carbocycles. The molecule has 19 heavy (non-hydrogen) atoms. The fraction of sp³-hybridized carbons (Fsp3) is 0.333. The second-order valence-electron chi connectivity index (χ2n) is 4.50. The lowest BCUT2D eigenvalue weighted by Crippen LogP contribution is -2.11. The molecule has 2 rings (SSSR count). The van der Waals surface area contributed by atoms with Crippen molar-refractivity contribution in [2.45, 2.75) is 26.3 Å². The molecule has 2 N–H and O–H groups in total. The highest BCUT2D eigenvalue weighted by Gasteiger charge is 2.13. The fourth-order valence-corrected chi connectivity index (χ4v) is 2.05. The summed E-state index contributed by atoms with van der Waals surface area (Å²) in [7, 11) is 0. The van der Waals surface area contributed by atoms with Gasteiger partial charge in [0, 0.05) is 18.3 Å². The van der Waals surface area contributed by atoms with E-state index in [4.69, 9.17) is 5.73 Å². The second-order valence-corrected chi connectivity index (χ2v) is 4.50. The van der Waals surface area contributed by atoms with Gasteiger partial charge >= 0.3 is 0 Å². The molecule has 0 amide bonds. The molecule has 0 radical (unpaired) electrons. The van der Waals surface area contributed by atoms with Crippen LogP contribution in [0.1, 0.15) is 35.0 Å². The summed E-state index contributed by atoms with van der Waals surface area (Å²) >= 11 is 0. The minimum Gasteiger partial charge on any atom is -0.330 e. The largest absolute Gasteiger partial charge is 0.330 e. The van der Waals surface area contributed by atoms with Crippen LogP contribution in [0.4, 0.5) is 0 Å². The Labute approximate surface area is 113 Å². The number of nitrogens with two attached hydrogens (primary N) is 1. The van der Waals surface area contributed by atoms with Gasteiger partial charge in [-0.15, -0.1) is 0 Å². The summed E-state index contributed by atoms with van der Waals surface area (Å²) in [6.45, 7) is 3.45. The maximum Gasteiger partial charge on any atom is 0.211 e. The molecule has 0 aliphatic rings. The molecule has 0 fully saturated rings. The standard InChI is InChI=1S/C15H19N3O/c1-2-11-18-14(8-10-17-18)15(19)13-5-3-12(4-6-13)7-9-16/h3-6,8,10H,2,7,9,11,16H2,1H3. The van der Waals surface area contributed by atoms with Gasteiger partial charge in [0.2, 0.25) is 5.78 Å². The fourth-order valence-electron chi connectivity index (χ4n) is 2.05. The van der Waals surface area contributed by atoms with Crippen LogP contribution in [-0.4, -0.2) is 22.1 Å². The van der Waals surface area contributed by atoms with Gasteiger partial charge in [0.1, 0.15) is 5.69 Å². The van der Waals surface area contributed by atoms with E-state index in [0.29, 0.717) is 17.8 Å². The van der Waals surface area contributed by atoms with Gasteiger partial charge in [0.25, 0.3) is 0 Å². The maximum absolute atomic E-state index is 12.4. The van der Waals surface area contributed by atoms with Crippen LogP contribution in [0.2, 0.25) is 0 Å². The highest BCUT2D eigenvalue weighted by molar-refractivity contribution is 6.07. The number of carbonyl (C=O) groups is 1. The third-order valence-electron chi connectivity index (χ3n) is 3.03. The SMILES string of the molecule is CCCn1nccc1C(=O)c1ccc(CCN)cc1. The molecule has 0 atom stereocenters. The number of rotatable bonds is 6. The topological polar surface area (TPSA) is 60.9 Å². The molecule has 4 nitrogen and oxygen atoms in total. The highest BCUT2D eigenvalue weighted by Crippen LogP contribution is 2.11. The van der Waals surface area contributed by atoms with Crippen LogP contribution in [-0.2, 0) is 13.0 Å². The van der Waals surface area contributed by atoms with Gasteiger partial charge in [-0.2, -0.15) is 5.10 Å². The Hall–Kier alpha value is -1.94. The first-order valence-corrected chi connectivity index (χ1v) is 6.61. The Morgan fingerprint density at radius 2 is 2.00 bits per heavy atom. The van der Waals surface area contributed by atoms with Crippen LogP contribution < -0.4 is 5.73 Å². The summed E-state index contributed by atoms with van der Waals surface area (Å²) in [5, 5.41) is 4.18. The quantitative estimate of drug-likeness (QED) is 0.805. The highest BCUT2D eigenvalue weighted by atomic mass is 16.1. The lowest BCUT2D eigenvalue weighted by molar-refractivity contribution is 0.102. The lowest BCUT2D eigenvalue weighted by atomic mass is 10.0. The predicted molar refractivity (Wildman–Crippen MR) is 75.2 cm³/mol. The summed E-state index contributed by atoms with van der Waals surface area (Å²) in [5.74, 6) is 0.0187. The molecular formula is C15H19N3O. The Morgan fingerprint density at radius 1 is 1.26 bits per heavy atom. The van der Waals surface area contributed by atoms with E-state index in [9.17, 15) is 4.79 Å². The summed E-state index contributed by atoms with van der Waals surface area (Å²) < 4.78 is 1.76. The van der Waals surface area contributed by atoms with Crippen LogP contribution in [0, 0.1) is 0 Å². The van der Waals surface area contributed by atoms with Crippen molar-refractivity contribution in [3.63, 3.8) is 0 Å². The van der Waals surface area contributed by atoms with Crippen molar-refractivity contribution in [1.29, 1.82) is 0 Å². The Bertz CT molecular complexity index is 543. The van der Waals surface area contributed by atoms with E-state index in [2.05, 4.69) is 12.0 Å². The summed E-state index contributed by atoms with van der Waals surface area (Å²) in [5.41, 5.74) is 8.00. The number of aromatic nitrogens is 2. The van der Waals surface area contributed by atoms with Crippen LogP contribution in [0.3, 0.4) is 0 Å². The number of hydrogen-bond donors (Lipinski definition) is 1. The smallest absolute Gasteiger partial charge is 0.211 e. The summed E-state index contributed by atoms with van der Waals surface area (Å²) in [4.78, 5) is 12.4. The van der Waals surface area contributed by atoms with Gasteiger partial charge in [-0.3, -0.25) is 9.48 Å². The molecule has 1 heterocycles. The van der Waals surface area contributed by atoms with Crippen molar-refractivity contribution in [2.75, 3.05) is 6.54 Å². The first-order valence-electron chi connectivity index (χ1n) is 6.61. The number of benzene rings is 1. The van der Waals surface area contributed by atoms with E-state index < -0.39 is 0 Å². The van der Waals surface area contributed by atoms with Crippen molar-refractivity contribution in [3.05, 3.63) is 53.3 Å². The van der Waals surface area contributed by atoms with Crippen LogP contribution in [0.15, 0.2) is 36.5 Å². The Kier molecular flexibility index (Phi) is 4.47. The van der Waals surface area contributed by atoms with Crippen molar-refractivity contribution in [2.24, 2.45) is 5.73 Å².